The maximum atomic E-state index is 12.3. The zero-order valence-electron chi connectivity index (χ0n) is 10.9. The smallest absolute Gasteiger partial charge is 0.226 e. The van der Waals surface area contributed by atoms with Gasteiger partial charge in [-0.05, 0) is 56.3 Å². The highest BCUT2D eigenvalue weighted by Gasteiger charge is 2.67. The molecule has 3 saturated carbocycles. The average Bonchev–Trinajstić information content (AvgIpc) is 2.73. The predicted molar refractivity (Wildman–Crippen MR) is 67.2 cm³/mol. The van der Waals surface area contributed by atoms with E-state index in [1.165, 1.54) is 19.3 Å². The van der Waals surface area contributed by atoms with E-state index in [9.17, 15) is 4.79 Å². The minimum absolute atomic E-state index is 0.195. The Hall–Kier alpha value is -0.570. The van der Waals surface area contributed by atoms with Crippen molar-refractivity contribution >= 4 is 5.91 Å². The summed E-state index contributed by atoms with van der Waals surface area (Å²) < 4.78 is 0. The second kappa shape index (κ2) is 3.98. The number of amides is 1. The number of hydrogen-bond donors (Lipinski definition) is 1. The molecule has 0 aromatic rings. The Labute approximate surface area is 104 Å². The van der Waals surface area contributed by atoms with Crippen LogP contribution in [-0.4, -0.2) is 30.4 Å². The number of hydrogen-bond acceptors (Lipinski definition) is 2. The van der Waals surface area contributed by atoms with Crippen LogP contribution in [0.25, 0.3) is 0 Å². The molecule has 3 fully saturated rings. The molecular formula is C14H24N2O. The van der Waals surface area contributed by atoms with E-state index in [1.54, 1.807) is 0 Å². The topological polar surface area (TPSA) is 46.3 Å². The van der Waals surface area contributed by atoms with Crippen LogP contribution in [0.5, 0.6) is 0 Å². The van der Waals surface area contributed by atoms with Crippen molar-refractivity contribution in [3.63, 3.8) is 0 Å². The summed E-state index contributed by atoms with van der Waals surface area (Å²) in [6, 6.07) is 0.195. The molecule has 96 valence electrons. The van der Waals surface area contributed by atoms with Crippen molar-refractivity contribution in [2.75, 3.05) is 13.6 Å². The standard InChI is InChI=1S/C14H24N2O/c1-8(15)5-6-16(2)14(17)13-11-9-3-4-10(7-9)12(11)13/h8-13H,3-7,15H2,1-2H3. The number of nitrogens with zero attached hydrogens (tertiary/aromatic N) is 1. The molecule has 0 spiro atoms. The third-order valence-corrected chi connectivity index (χ3v) is 5.32. The van der Waals surface area contributed by atoms with Crippen LogP contribution in [0, 0.1) is 29.6 Å². The van der Waals surface area contributed by atoms with Gasteiger partial charge in [-0.25, -0.2) is 0 Å². The number of rotatable bonds is 4. The Morgan fingerprint density at radius 3 is 2.47 bits per heavy atom. The second-order valence-corrected chi connectivity index (χ2v) is 6.54. The van der Waals surface area contributed by atoms with Crippen molar-refractivity contribution in [2.24, 2.45) is 35.3 Å². The SMILES string of the molecule is CC(N)CCN(C)C(=O)C1C2C3CCC(C3)C12. The molecule has 5 unspecified atom stereocenters. The molecule has 3 rings (SSSR count). The zero-order valence-corrected chi connectivity index (χ0v) is 10.9. The zero-order chi connectivity index (χ0) is 12.2. The fourth-order valence-corrected chi connectivity index (χ4v) is 4.42. The monoisotopic (exact) mass is 236 g/mol. The van der Waals surface area contributed by atoms with Crippen molar-refractivity contribution in [2.45, 2.75) is 38.6 Å². The minimum Gasteiger partial charge on any atom is -0.345 e. The third kappa shape index (κ3) is 1.79. The van der Waals surface area contributed by atoms with Crippen molar-refractivity contribution in [3.8, 4) is 0 Å². The van der Waals surface area contributed by atoms with Crippen LogP contribution in [0.2, 0.25) is 0 Å². The van der Waals surface area contributed by atoms with E-state index in [4.69, 9.17) is 5.73 Å². The molecule has 2 bridgehead atoms. The van der Waals surface area contributed by atoms with Crippen LogP contribution in [0.3, 0.4) is 0 Å². The second-order valence-electron chi connectivity index (χ2n) is 6.54. The van der Waals surface area contributed by atoms with E-state index >= 15 is 0 Å². The Kier molecular flexibility index (Phi) is 2.69. The maximum absolute atomic E-state index is 12.3. The maximum Gasteiger partial charge on any atom is 0.226 e. The van der Waals surface area contributed by atoms with Gasteiger partial charge in [-0.1, -0.05) is 0 Å². The van der Waals surface area contributed by atoms with Gasteiger partial charge in [-0.3, -0.25) is 4.79 Å². The molecule has 5 atom stereocenters. The van der Waals surface area contributed by atoms with Crippen LogP contribution < -0.4 is 5.73 Å². The molecule has 3 nitrogen and oxygen atoms in total. The third-order valence-electron chi connectivity index (χ3n) is 5.32. The largest absolute Gasteiger partial charge is 0.345 e. The van der Waals surface area contributed by atoms with Gasteiger partial charge in [0.1, 0.15) is 0 Å². The summed E-state index contributed by atoms with van der Waals surface area (Å²) in [5.41, 5.74) is 5.74. The number of carbonyl (C=O) groups is 1. The van der Waals surface area contributed by atoms with Gasteiger partial charge in [0.15, 0.2) is 0 Å². The normalized spacial score (nSPS) is 43.4. The lowest BCUT2D eigenvalue weighted by molar-refractivity contribution is -0.132. The molecule has 3 aliphatic carbocycles. The first kappa shape index (κ1) is 11.5. The first-order chi connectivity index (χ1) is 8.09. The van der Waals surface area contributed by atoms with E-state index in [-0.39, 0.29) is 6.04 Å². The highest BCUT2D eigenvalue weighted by molar-refractivity contribution is 5.82. The molecule has 0 aromatic carbocycles. The van der Waals surface area contributed by atoms with Crippen LogP contribution in [0.4, 0.5) is 0 Å². The average molecular weight is 236 g/mol. The molecule has 0 radical (unpaired) electrons. The summed E-state index contributed by atoms with van der Waals surface area (Å²) in [7, 11) is 1.95. The van der Waals surface area contributed by atoms with Crippen molar-refractivity contribution in [1.82, 2.24) is 4.90 Å². The van der Waals surface area contributed by atoms with Gasteiger partial charge < -0.3 is 10.6 Å². The van der Waals surface area contributed by atoms with E-state index in [2.05, 4.69) is 0 Å². The lowest BCUT2D eigenvalue weighted by atomic mass is 10.0. The van der Waals surface area contributed by atoms with Crippen molar-refractivity contribution in [1.29, 1.82) is 0 Å². The number of carbonyl (C=O) groups excluding carboxylic acids is 1. The number of fused-ring (bicyclic) bond motifs is 5. The molecule has 0 aliphatic heterocycles. The van der Waals surface area contributed by atoms with Crippen LogP contribution in [0.1, 0.15) is 32.6 Å². The summed E-state index contributed by atoms with van der Waals surface area (Å²) >= 11 is 0. The summed E-state index contributed by atoms with van der Waals surface area (Å²) in [4.78, 5) is 14.3. The fourth-order valence-electron chi connectivity index (χ4n) is 4.42. The van der Waals surface area contributed by atoms with Gasteiger partial charge in [0.05, 0.1) is 0 Å². The predicted octanol–water partition coefficient (Wildman–Crippen LogP) is 1.47. The molecule has 3 aliphatic rings. The van der Waals surface area contributed by atoms with E-state index < -0.39 is 0 Å². The van der Waals surface area contributed by atoms with Gasteiger partial charge in [-0.15, -0.1) is 0 Å². The van der Waals surface area contributed by atoms with Gasteiger partial charge in [0.2, 0.25) is 5.91 Å². The number of nitrogens with two attached hydrogens (primary N) is 1. The summed E-state index contributed by atoms with van der Waals surface area (Å²) in [6.45, 7) is 2.83. The molecular weight excluding hydrogens is 212 g/mol. The van der Waals surface area contributed by atoms with Crippen LogP contribution >= 0.6 is 0 Å². The Morgan fingerprint density at radius 2 is 1.94 bits per heavy atom. The first-order valence-corrected chi connectivity index (χ1v) is 7.10. The Bertz CT molecular complexity index is 312. The highest BCUT2D eigenvalue weighted by atomic mass is 16.2. The van der Waals surface area contributed by atoms with E-state index in [0.717, 1.165) is 36.6 Å². The van der Waals surface area contributed by atoms with Crippen LogP contribution in [0.15, 0.2) is 0 Å². The Balaban J connectivity index is 1.55. The molecule has 3 heteroatoms. The molecule has 0 heterocycles. The van der Waals surface area contributed by atoms with Gasteiger partial charge in [0, 0.05) is 25.6 Å². The van der Waals surface area contributed by atoms with Gasteiger partial charge >= 0.3 is 0 Å². The van der Waals surface area contributed by atoms with E-state index in [0.29, 0.717) is 11.8 Å². The van der Waals surface area contributed by atoms with Crippen LogP contribution in [-0.2, 0) is 4.79 Å². The fraction of sp³-hybridized carbons (Fsp3) is 0.929. The molecule has 1 amide bonds. The summed E-state index contributed by atoms with van der Waals surface area (Å²) in [5, 5.41) is 0. The Morgan fingerprint density at radius 1 is 1.35 bits per heavy atom. The molecule has 2 N–H and O–H groups in total. The van der Waals surface area contributed by atoms with Crippen molar-refractivity contribution < 1.29 is 4.79 Å². The lowest BCUT2D eigenvalue weighted by Gasteiger charge is -2.20. The minimum atomic E-state index is 0.195. The van der Waals surface area contributed by atoms with Gasteiger partial charge in [0.25, 0.3) is 0 Å². The first-order valence-electron chi connectivity index (χ1n) is 7.10. The highest BCUT2D eigenvalue weighted by Crippen LogP contribution is 2.69. The molecule has 0 saturated heterocycles. The summed E-state index contributed by atoms with van der Waals surface area (Å²) in [6.07, 6.45) is 5.11. The van der Waals surface area contributed by atoms with Crippen molar-refractivity contribution in [3.05, 3.63) is 0 Å². The molecule has 17 heavy (non-hydrogen) atoms. The quantitative estimate of drug-likeness (QED) is 0.803. The molecule has 0 aromatic heterocycles. The van der Waals surface area contributed by atoms with E-state index in [1.807, 2.05) is 18.9 Å². The lowest BCUT2D eigenvalue weighted by Crippen LogP contribution is -2.33. The summed E-state index contributed by atoms with van der Waals surface area (Å²) in [5.74, 6) is 4.09. The van der Waals surface area contributed by atoms with Gasteiger partial charge in [-0.2, -0.15) is 0 Å².